The smallest absolute Gasteiger partial charge is 0.251 e. The topological polar surface area (TPSA) is 113 Å². The second kappa shape index (κ2) is 13.3. The highest BCUT2D eigenvalue weighted by Crippen LogP contribution is 2.17. The van der Waals surface area contributed by atoms with Crippen LogP contribution < -0.4 is 11.1 Å². The molecule has 0 saturated heterocycles. The Hall–Kier alpha value is -3.32. The summed E-state index contributed by atoms with van der Waals surface area (Å²) in [4.78, 5) is 25.5. The summed E-state index contributed by atoms with van der Waals surface area (Å²) in [5.41, 5.74) is 10.8. The Kier molecular flexibility index (Phi) is 10.4. The highest BCUT2D eigenvalue weighted by atomic mass is 16.3. The van der Waals surface area contributed by atoms with Crippen LogP contribution in [0.2, 0.25) is 0 Å². The largest absolute Gasteiger partial charge is 0.392 e. The van der Waals surface area contributed by atoms with Gasteiger partial charge in [0.2, 0.25) is 0 Å². The number of aromatic nitrogens is 2. The zero-order chi connectivity index (χ0) is 24.2. The van der Waals surface area contributed by atoms with Crippen LogP contribution in [0.1, 0.15) is 52.6 Å². The summed E-state index contributed by atoms with van der Waals surface area (Å²) in [5, 5.41) is 12.3. The van der Waals surface area contributed by atoms with Crippen LogP contribution in [0, 0.1) is 19.8 Å². The van der Waals surface area contributed by atoms with Crippen LogP contribution in [0.25, 0.3) is 0 Å². The van der Waals surface area contributed by atoms with Gasteiger partial charge in [0.15, 0.2) is 0 Å². The molecule has 0 aliphatic rings. The van der Waals surface area contributed by atoms with Crippen LogP contribution in [0.15, 0.2) is 53.2 Å². The molecule has 0 aromatic carbocycles. The number of aliphatic hydroxyl groups excluding tert-OH is 1. The lowest BCUT2D eigenvalue weighted by atomic mass is 9.96. The Morgan fingerprint density at radius 3 is 2.79 bits per heavy atom. The minimum absolute atomic E-state index is 0.0513. The number of hydrogen-bond acceptors (Lipinski definition) is 6. The van der Waals surface area contributed by atoms with Crippen molar-refractivity contribution in [2.75, 3.05) is 19.4 Å². The van der Waals surface area contributed by atoms with Gasteiger partial charge >= 0.3 is 0 Å². The van der Waals surface area contributed by atoms with Gasteiger partial charge in [-0.2, -0.15) is 0 Å². The van der Waals surface area contributed by atoms with Crippen LogP contribution in [0.5, 0.6) is 0 Å². The molecule has 0 saturated carbocycles. The molecule has 0 radical (unpaired) electrons. The lowest BCUT2D eigenvalue weighted by Gasteiger charge is -2.13. The second-order valence-corrected chi connectivity index (χ2v) is 8.07. The summed E-state index contributed by atoms with van der Waals surface area (Å²) in [7, 11) is 1.68. The number of amides is 1. The predicted octanol–water partition coefficient (Wildman–Crippen LogP) is 3.74. The van der Waals surface area contributed by atoms with Crippen LogP contribution in [0.4, 0.5) is 5.82 Å². The Morgan fingerprint density at radius 2 is 2.12 bits per heavy atom. The number of nitrogens with one attached hydrogen (secondary N) is 1. The maximum absolute atomic E-state index is 12.8. The summed E-state index contributed by atoms with van der Waals surface area (Å²) in [6.07, 6.45) is 12.0. The zero-order valence-corrected chi connectivity index (χ0v) is 20.0. The van der Waals surface area contributed by atoms with Crippen molar-refractivity contribution in [3.8, 4) is 0 Å². The summed E-state index contributed by atoms with van der Waals surface area (Å²) < 4.78 is 0. The van der Waals surface area contributed by atoms with Gasteiger partial charge in [-0.05, 0) is 67.5 Å². The van der Waals surface area contributed by atoms with E-state index in [1.54, 1.807) is 25.5 Å². The van der Waals surface area contributed by atoms with Gasteiger partial charge in [-0.25, -0.2) is 4.98 Å². The third-order valence-electron chi connectivity index (χ3n) is 5.38. The SMILES string of the molecule is CCCC(/C=C/C=C(\C=NC)CO)Cc1cc(C(=O)NCc2c(C)cc(N)nc2C)ccn1. The minimum Gasteiger partial charge on any atom is -0.392 e. The van der Waals surface area contributed by atoms with Crippen molar-refractivity contribution < 1.29 is 9.90 Å². The molecule has 7 nitrogen and oxygen atoms in total. The Bertz CT molecular complexity index is 1000. The van der Waals surface area contributed by atoms with E-state index in [2.05, 4.69) is 33.3 Å². The molecule has 176 valence electrons. The van der Waals surface area contributed by atoms with E-state index in [9.17, 15) is 9.90 Å². The average molecular weight is 450 g/mol. The summed E-state index contributed by atoms with van der Waals surface area (Å²) in [6, 6.07) is 5.39. The number of aryl methyl sites for hydroxylation is 2. The molecule has 1 amide bonds. The normalized spacial score (nSPS) is 13.1. The number of nitrogens with two attached hydrogens (primary N) is 1. The van der Waals surface area contributed by atoms with Crippen molar-refractivity contribution in [1.82, 2.24) is 15.3 Å². The first-order valence-corrected chi connectivity index (χ1v) is 11.2. The van der Waals surface area contributed by atoms with Gasteiger partial charge in [0.25, 0.3) is 5.91 Å². The van der Waals surface area contributed by atoms with Crippen LogP contribution in [0.3, 0.4) is 0 Å². The monoisotopic (exact) mass is 449 g/mol. The average Bonchev–Trinajstić information content (AvgIpc) is 2.78. The number of aliphatic imine (C=N–C) groups is 1. The Balaban J connectivity index is 2.08. The maximum Gasteiger partial charge on any atom is 0.251 e. The second-order valence-electron chi connectivity index (χ2n) is 8.07. The molecule has 0 fully saturated rings. The molecule has 33 heavy (non-hydrogen) atoms. The molecule has 0 bridgehead atoms. The van der Waals surface area contributed by atoms with Gasteiger partial charge in [0.05, 0.1) is 6.61 Å². The first-order chi connectivity index (χ1) is 15.9. The minimum atomic E-state index is -0.147. The number of pyridine rings is 2. The molecule has 4 N–H and O–H groups in total. The quantitative estimate of drug-likeness (QED) is 0.357. The number of anilines is 1. The Morgan fingerprint density at radius 1 is 1.33 bits per heavy atom. The lowest BCUT2D eigenvalue weighted by Crippen LogP contribution is -2.24. The summed E-state index contributed by atoms with van der Waals surface area (Å²) in [5.74, 6) is 0.615. The molecule has 2 aromatic rings. The maximum atomic E-state index is 12.8. The Labute approximate surface area is 196 Å². The standard InChI is InChI=1S/C26H35N5O2/c1-5-7-20(8-6-9-21(17-32)15-28-4)13-23-14-22(10-11-29-23)26(33)30-16-24-18(2)12-25(27)31-19(24)3/h6,8-12,14-15,20,32H,5,7,13,16-17H2,1-4H3,(H2,27,31)(H,30,33)/b8-6+,21-9+,28-15?. The number of hydrogen-bond donors (Lipinski definition) is 3. The van der Waals surface area contributed by atoms with Gasteiger partial charge in [0, 0.05) is 43.0 Å². The van der Waals surface area contributed by atoms with Gasteiger partial charge in [0.1, 0.15) is 5.82 Å². The van der Waals surface area contributed by atoms with Crippen molar-refractivity contribution in [2.24, 2.45) is 10.9 Å². The molecule has 0 aliphatic carbocycles. The fourth-order valence-electron chi connectivity index (χ4n) is 3.70. The zero-order valence-electron chi connectivity index (χ0n) is 20.0. The van der Waals surface area contributed by atoms with E-state index in [0.29, 0.717) is 17.9 Å². The van der Waals surface area contributed by atoms with Gasteiger partial charge in [-0.1, -0.05) is 31.6 Å². The van der Waals surface area contributed by atoms with Gasteiger partial charge < -0.3 is 16.2 Å². The fourth-order valence-corrected chi connectivity index (χ4v) is 3.70. The number of rotatable bonds is 11. The first-order valence-electron chi connectivity index (χ1n) is 11.2. The highest BCUT2D eigenvalue weighted by molar-refractivity contribution is 5.94. The van der Waals surface area contributed by atoms with E-state index >= 15 is 0 Å². The van der Waals surface area contributed by atoms with Crippen LogP contribution in [-0.2, 0) is 13.0 Å². The van der Waals surface area contributed by atoms with Crippen molar-refractivity contribution in [3.63, 3.8) is 0 Å². The van der Waals surface area contributed by atoms with E-state index in [1.807, 2.05) is 38.1 Å². The fraction of sp³-hybridized carbons (Fsp3) is 0.385. The lowest BCUT2D eigenvalue weighted by molar-refractivity contribution is 0.0950. The molecule has 1 unspecified atom stereocenters. The highest BCUT2D eigenvalue weighted by Gasteiger charge is 2.12. The van der Waals surface area contributed by atoms with Crippen molar-refractivity contribution in [1.29, 1.82) is 0 Å². The third-order valence-corrected chi connectivity index (χ3v) is 5.38. The number of carbonyl (C=O) groups is 1. The molecule has 1 atom stereocenters. The molecular weight excluding hydrogens is 414 g/mol. The van der Waals surface area contributed by atoms with Gasteiger partial charge in [-0.15, -0.1) is 0 Å². The number of nitrogens with zero attached hydrogens (tertiary/aromatic N) is 3. The molecule has 7 heteroatoms. The number of aliphatic hydroxyl groups is 1. The molecule has 2 rings (SSSR count). The van der Waals surface area contributed by atoms with E-state index in [-0.39, 0.29) is 18.4 Å². The molecule has 2 aromatic heterocycles. The van der Waals surface area contributed by atoms with Crippen molar-refractivity contribution in [3.05, 3.63) is 76.3 Å². The van der Waals surface area contributed by atoms with Crippen molar-refractivity contribution in [2.45, 2.75) is 46.6 Å². The number of allylic oxidation sites excluding steroid dienone is 3. The molecule has 0 aliphatic heterocycles. The number of carbonyl (C=O) groups excluding carboxylic acids is 1. The molecule has 2 heterocycles. The number of nitrogen functional groups attached to an aromatic ring is 1. The summed E-state index contributed by atoms with van der Waals surface area (Å²) in [6.45, 7) is 6.34. The molecular formula is C26H35N5O2. The third kappa shape index (κ3) is 8.27. The van der Waals surface area contributed by atoms with Crippen LogP contribution in [-0.4, -0.2) is 40.9 Å². The van der Waals surface area contributed by atoms with Crippen LogP contribution >= 0.6 is 0 Å². The predicted molar refractivity (Wildman–Crippen MR) is 134 cm³/mol. The first kappa shape index (κ1) is 25.9. The van der Waals surface area contributed by atoms with E-state index in [4.69, 9.17) is 5.73 Å². The molecule has 0 spiro atoms. The van der Waals surface area contributed by atoms with Gasteiger partial charge in [-0.3, -0.25) is 14.8 Å². The summed E-state index contributed by atoms with van der Waals surface area (Å²) >= 11 is 0. The van der Waals surface area contributed by atoms with E-state index in [0.717, 1.165) is 47.4 Å². The van der Waals surface area contributed by atoms with E-state index < -0.39 is 0 Å². The van der Waals surface area contributed by atoms with E-state index in [1.165, 1.54) is 0 Å². The van der Waals surface area contributed by atoms with Crippen molar-refractivity contribution >= 4 is 17.9 Å².